The molecule has 2 aromatic rings. The predicted molar refractivity (Wildman–Crippen MR) is 79.5 cm³/mol. The van der Waals surface area contributed by atoms with Gasteiger partial charge < -0.3 is 10.1 Å². The summed E-state index contributed by atoms with van der Waals surface area (Å²) in [6, 6.07) is 1.46. The fourth-order valence-electron chi connectivity index (χ4n) is 1.77. The molecule has 7 nitrogen and oxygen atoms in total. The average molecular weight is 310 g/mol. The zero-order valence-corrected chi connectivity index (χ0v) is 12.9. The van der Waals surface area contributed by atoms with Crippen LogP contribution < -0.4 is 10.9 Å². The number of aromatic nitrogens is 3. The van der Waals surface area contributed by atoms with Gasteiger partial charge in [-0.2, -0.15) is 9.61 Å². The number of nitrogens with zero attached hydrogens (tertiary/aromatic N) is 3. The van der Waals surface area contributed by atoms with Crippen molar-refractivity contribution in [2.75, 3.05) is 13.2 Å². The molecule has 0 saturated heterocycles. The summed E-state index contributed by atoms with van der Waals surface area (Å²) in [6.45, 7) is 5.07. The van der Waals surface area contributed by atoms with Gasteiger partial charge in [-0.1, -0.05) is 18.3 Å². The second kappa shape index (κ2) is 7.28. The quantitative estimate of drug-likeness (QED) is 0.600. The van der Waals surface area contributed by atoms with Crippen LogP contribution in [-0.4, -0.2) is 33.7 Å². The molecule has 0 aliphatic rings. The number of rotatable bonds is 7. The number of hydrogen-bond donors (Lipinski definition) is 1. The first-order valence-corrected chi connectivity index (χ1v) is 7.70. The molecule has 0 bridgehead atoms. The molecule has 0 amide bonds. The minimum atomic E-state index is -0.233. The van der Waals surface area contributed by atoms with Gasteiger partial charge in [0.25, 0.3) is 5.56 Å². The van der Waals surface area contributed by atoms with E-state index in [9.17, 15) is 9.59 Å². The maximum Gasteiger partial charge on any atom is 0.307 e. The maximum absolute atomic E-state index is 11.9. The Bertz CT molecular complexity index is 680. The lowest BCUT2D eigenvalue weighted by Gasteiger charge is -2.04. The summed E-state index contributed by atoms with van der Waals surface area (Å²) in [5.74, 6) is -0.233. The van der Waals surface area contributed by atoms with E-state index >= 15 is 0 Å². The standard InChI is InChI=1S/C13H18N4O3S/c1-3-10-16-17-11(18)7-9(15-13(17)21-10)8-14-6-5-12(19)20-4-2/h7,14H,3-6,8H2,1-2H3. The second-order valence-electron chi connectivity index (χ2n) is 4.36. The molecule has 8 heteroatoms. The van der Waals surface area contributed by atoms with Gasteiger partial charge in [-0.15, -0.1) is 0 Å². The van der Waals surface area contributed by atoms with E-state index in [1.54, 1.807) is 6.92 Å². The van der Waals surface area contributed by atoms with Crippen LogP contribution in [0.3, 0.4) is 0 Å². The first-order chi connectivity index (χ1) is 10.1. The Balaban J connectivity index is 1.96. The van der Waals surface area contributed by atoms with Crippen molar-refractivity contribution in [2.24, 2.45) is 0 Å². The van der Waals surface area contributed by atoms with Crippen molar-refractivity contribution < 1.29 is 9.53 Å². The summed E-state index contributed by atoms with van der Waals surface area (Å²) < 4.78 is 6.16. The van der Waals surface area contributed by atoms with Crippen molar-refractivity contribution in [3.63, 3.8) is 0 Å². The summed E-state index contributed by atoms with van der Waals surface area (Å²) in [5, 5.41) is 8.15. The third kappa shape index (κ3) is 4.08. The third-order valence-corrected chi connectivity index (χ3v) is 3.81. The second-order valence-corrected chi connectivity index (χ2v) is 5.40. The summed E-state index contributed by atoms with van der Waals surface area (Å²) in [4.78, 5) is 28.1. The first-order valence-electron chi connectivity index (χ1n) is 6.89. The lowest BCUT2D eigenvalue weighted by atomic mass is 10.3. The van der Waals surface area contributed by atoms with E-state index in [-0.39, 0.29) is 11.5 Å². The van der Waals surface area contributed by atoms with E-state index in [4.69, 9.17) is 4.74 Å². The van der Waals surface area contributed by atoms with E-state index in [0.717, 1.165) is 11.4 Å². The number of aryl methyl sites for hydroxylation is 1. The number of fused-ring (bicyclic) bond motifs is 1. The largest absolute Gasteiger partial charge is 0.466 e. The molecular formula is C13H18N4O3S. The monoisotopic (exact) mass is 310 g/mol. The molecule has 2 heterocycles. The van der Waals surface area contributed by atoms with Crippen LogP contribution in [0.15, 0.2) is 10.9 Å². The first kappa shape index (κ1) is 15.6. The maximum atomic E-state index is 11.9. The van der Waals surface area contributed by atoms with Gasteiger partial charge in [0.2, 0.25) is 4.96 Å². The van der Waals surface area contributed by atoms with E-state index in [0.29, 0.717) is 36.8 Å². The SMILES string of the molecule is CCOC(=O)CCNCc1cc(=O)n2nc(CC)sc2n1. The fourth-order valence-corrected chi connectivity index (χ4v) is 2.63. The average Bonchev–Trinajstić information content (AvgIpc) is 2.88. The highest BCUT2D eigenvalue weighted by molar-refractivity contribution is 7.16. The van der Waals surface area contributed by atoms with Gasteiger partial charge >= 0.3 is 5.97 Å². The number of carbonyl (C=O) groups excluding carboxylic acids is 1. The van der Waals surface area contributed by atoms with Gasteiger partial charge in [-0.3, -0.25) is 9.59 Å². The minimum Gasteiger partial charge on any atom is -0.466 e. The van der Waals surface area contributed by atoms with Crippen molar-refractivity contribution in [1.82, 2.24) is 19.9 Å². The number of esters is 1. The number of carbonyl (C=O) groups is 1. The van der Waals surface area contributed by atoms with Crippen LogP contribution in [0.25, 0.3) is 4.96 Å². The topological polar surface area (TPSA) is 85.6 Å². The molecule has 0 saturated carbocycles. The Morgan fingerprint density at radius 1 is 1.48 bits per heavy atom. The van der Waals surface area contributed by atoms with E-state index in [1.807, 2.05) is 6.92 Å². The minimum absolute atomic E-state index is 0.182. The highest BCUT2D eigenvalue weighted by Gasteiger charge is 2.08. The van der Waals surface area contributed by atoms with Crippen LogP contribution in [-0.2, 0) is 22.5 Å². The number of nitrogens with one attached hydrogen (secondary N) is 1. The molecule has 0 aromatic carbocycles. The normalized spacial score (nSPS) is 11.0. The van der Waals surface area contributed by atoms with Crippen LogP contribution in [0, 0.1) is 0 Å². The van der Waals surface area contributed by atoms with Crippen LogP contribution in [0.4, 0.5) is 0 Å². The van der Waals surface area contributed by atoms with Gasteiger partial charge in [-0.25, -0.2) is 4.98 Å². The molecule has 1 N–H and O–H groups in total. The Labute approximate surface area is 126 Å². The highest BCUT2D eigenvalue weighted by Crippen LogP contribution is 2.11. The molecule has 114 valence electrons. The molecule has 0 atom stereocenters. The lowest BCUT2D eigenvalue weighted by Crippen LogP contribution is -2.22. The smallest absolute Gasteiger partial charge is 0.307 e. The zero-order valence-electron chi connectivity index (χ0n) is 12.1. The van der Waals surface area contributed by atoms with Gasteiger partial charge in [0.15, 0.2) is 0 Å². The van der Waals surface area contributed by atoms with Crippen LogP contribution >= 0.6 is 11.3 Å². The Kier molecular flexibility index (Phi) is 5.40. The molecule has 21 heavy (non-hydrogen) atoms. The lowest BCUT2D eigenvalue weighted by molar-refractivity contribution is -0.142. The Morgan fingerprint density at radius 3 is 3.00 bits per heavy atom. The molecule has 0 aliphatic carbocycles. The van der Waals surface area contributed by atoms with E-state index in [1.165, 1.54) is 21.9 Å². The van der Waals surface area contributed by atoms with Gasteiger partial charge in [-0.05, 0) is 13.3 Å². The molecule has 0 fully saturated rings. The molecule has 0 unspecified atom stereocenters. The van der Waals surface area contributed by atoms with E-state index in [2.05, 4.69) is 15.4 Å². The van der Waals surface area contributed by atoms with Crippen LogP contribution in [0.2, 0.25) is 0 Å². The van der Waals surface area contributed by atoms with E-state index < -0.39 is 0 Å². The summed E-state index contributed by atoms with van der Waals surface area (Å²) in [5.41, 5.74) is 0.466. The molecular weight excluding hydrogens is 292 g/mol. The molecule has 2 rings (SSSR count). The van der Waals surface area contributed by atoms with Crippen molar-refractivity contribution in [3.8, 4) is 0 Å². The van der Waals surface area contributed by atoms with Gasteiger partial charge in [0.05, 0.1) is 18.7 Å². The molecule has 0 aliphatic heterocycles. The number of hydrogen-bond acceptors (Lipinski definition) is 7. The molecule has 0 radical (unpaired) electrons. The Morgan fingerprint density at radius 2 is 2.29 bits per heavy atom. The van der Waals surface area contributed by atoms with Crippen molar-refractivity contribution in [1.29, 1.82) is 0 Å². The zero-order chi connectivity index (χ0) is 15.2. The van der Waals surface area contributed by atoms with Crippen molar-refractivity contribution >= 4 is 22.3 Å². The van der Waals surface area contributed by atoms with Gasteiger partial charge in [0.1, 0.15) is 5.01 Å². The number of ether oxygens (including phenoxy) is 1. The summed E-state index contributed by atoms with van der Waals surface area (Å²) in [6.07, 6.45) is 1.08. The van der Waals surface area contributed by atoms with Gasteiger partial charge in [0, 0.05) is 19.2 Å². The highest BCUT2D eigenvalue weighted by atomic mass is 32.1. The predicted octanol–water partition coefficient (Wildman–Crippen LogP) is 0.756. The molecule has 0 spiro atoms. The molecule has 2 aromatic heterocycles. The van der Waals surface area contributed by atoms with Crippen LogP contribution in [0.5, 0.6) is 0 Å². The summed E-state index contributed by atoms with van der Waals surface area (Å²) >= 11 is 1.42. The van der Waals surface area contributed by atoms with Crippen molar-refractivity contribution in [2.45, 2.75) is 33.2 Å². The van der Waals surface area contributed by atoms with Crippen molar-refractivity contribution in [3.05, 3.63) is 27.1 Å². The fraction of sp³-hybridized carbons (Fsp3) is 0.538. The Hall–Kier alpha value is -1.80. The summed E-state index contributed by atoms with van der Waals surface area (Å²) in [7, 11) is 0. The third-order valence-electron chi connectivity index (χ3n) is 2.76. The van der Waals surface area contributed by atoms with Crippen LogP contribution in [0.1, 0.15) is 31.0 Å².